The number of hydrogen-bond donors (Lipinski definition) is 4. The van der Waals surface area contributed by atoms with Gasteiger partial charge in [-0.15, -0.1) is 0 Å². The third kappa shape index (κ3) is 9.33. The molecule has 4 N–H and O–H groups in total. The summed E-state index contributed by atoms with van der Waals surface area (Å²) in [5, 5.41) is 42.4. The average Bonchev–Trinajstić information content (AvgIpc) is 3.37. The van der Waals surface area contributed by atoms with E-state index in [-0.39, 0.29) is 22.3 Å². The van der Waals surface area contributed by atoms with Gasteiger partial charge in [-0.1, -0.05) is 170 Å². The van der Waals surface area contributed by atoms with Crippen LogP contribution in [0.3, 0.4) is 0 Å². The molecule has 0 atom stereocenters. The van der Waals surface area contributed by atoms with Gasteiger partial charge >= 0.3 is 23.9 Å². The normalized spacial score (nSPS) is 11.2. The monoisotopic (exact) mass is 946 g/mol. The molecule has 72 heavy (non-hydrogen) atoms. The number of rotatable bonds is 14. The summed E-state index contributed by atoms with van der Waals surface area (Å²) in [6, 6.07) is 61.0. The summed E-state index contributed by atoms with van der Waals surface area (Å²) in [6.07, 6.45) is 0. The molecule has 9 rings (SSSR count). The van der Waals surface area contributed by atoms with Gasteiger partial charge in [0.2, 0.25) is 0 Å². The average molecular weight is 947 g/mol. The smallest absolute Gasteiger partial charge is 0.336 e. The number of carbonyl (C=O) groups is 4. The summed E-state index contributed by atoms with van der Waals surface area (Å²) < 4.78 is 0. The van der Waals surface area contributed by atoms with Crippen LogP contribution < -0.4 is 0 Å². The highest BCUT2D eigenvalue weighted by Gasteiger charge is 2.29. The number of aryl methyl sites for hydroxylation is 4. The van der Waals surface area contributed by atoms with Crippen LogP contribution in [-0.4, -0.2) is 44.3 Å². The van der Waals surface area contributed by atoms with Gasteiger partial charge in [-0.25, -0.2) is 19.2 Å². The van der Waals surface area contributed by atoms with Crippen LogP contribution in [0.1, 0.15) is 109 Å². The van der Waals surface area contributed by atoms with Crippen molar-refractivity contribution < 1.29 is 39.6 Å². The number of benzene rings is 9. The van der Waals surface area contributed by atoms with Crippen LogP contribution in [0, 0.1) is 27.7 Å². The standard InChI is InChI=1S/C64H50O8/c1-37-29-47(33-51(55(37)61(65)66)41-17-9-5-10-18-41)59(48-30-38(2)56(62(67)68)52(34-48)42-19-11-6-12-20-42)45-25-27-46(28-26-45)60(49-31-39(3)57(63(69)70)53(35-49)43-21-13-7-14-22-43)50-32-40(4)58(64(71)72)54(36-50)44-23-15-8-16-24-44/h5-36,59-60H,1-4H3,(H,65,66)(H,67,68)(H,69,70)(H,71,72). The molecule has 0 aliphatic carbocycles. The molecule has 0 fully saturated rings. The molecule has 0 spiro atoms. The molecule has 0 radical (unpaired) electrons. The van der Waals surface area contributed by atoms with Gasteiger partial charge in [-0.3, -0.25) is 0 Å². The predicted molar refractivity (Wildman–Crippen MR) is 283 cm³/mol. The largest absolute Gasteiger partial charge is 0.478 e. The lowest BCUT2D eigenvalue weighted by Crippen LogP contribution is -2.12. The van der Waals surface area contributed by atoms with Crippen molar-refractivity contribution >= 4 is 23.9 Å². The van der Waals surface area contributed by atoms with Gasteiger partial charge in [0.05, 0.1) is 22.3 Å². The minimum Gasteiger partial charge on any atom is -0.478 e. The Morgan fingerprint density at radius 3 is 0.653 bits per heavy atom. The fourth-order valence-electron chi connectivity index (χ4n) is 10.5. The molecule has 9 aromatic rings. The van der Waals surface area contributed by atoms with Crippen molar-refractivity contribution in [1.82, 2.24) is 0 Å². The molecule has 0 aliphatic rings. The molecule has 0 unspecified atom stereocenters. The Hall–Kier alpha value is -9.14. The summed E-state index contributed by atoms with van der Waals surface area (Å²) in [5.41, 5.74) is 13.0. The van der Waals surface area contributed by atoms with Crippen molar-refractivity contribution in [1.29, 1.82) is 0 Å². The minimum absolute atomic E-state index is 0.183. The number of hydrogen-bond acceptors (Lipinski definition) is 4. The van der Waals surface area contributed by atoms with Crippen LogP contribution in [0.25, 0.3) is 44.5 Å². The van der Waals surface area contributed by atoms with Crippen LogP contribution in [0.15, 0.2) is 194 Å². The van der Waals surface area contributed by atoms with Crippen molar-refractivity contribution in [2.75, 3.05) is 0 Å². The van der Waals surface area contributed by atoms with E-state index in [4.69, 9.17) is 0 Å². The molecule has 9 aromatic carbocycles. The number of aromatic carboxylic acids is 4. The van der Waals surface area contributed by atoms with Crippen molar-refractivity contribution in [3.05, 3.63) is 272 Å². The van der Waals surface area contributed by atoms with E-state index >= 15 is 0 Å². The highest BCUT2D eigenvalue weighted by molar-refractivity contribution is 6.01. The van der Waals surface area contributed by atoms with Crippen LogP contribution in [0.4, 0.5) is 0 Å². The Bertz CT molecular complexity index is 3100. The summed E-state index contributed by atoms with van der Waals surface area (Å²) in [5.74, 6) is -5.28. The quantitative estimate of drug-likeness (QED) is 0.0787. The molecule has 0 bridgehead atoms. The zero-order valence-corrected chi connectivity index (χ0v) is 40.1. The van der Waals surface area contributed by atoms with Crippen molar-refractivity contribution in [3.8, 4) is 44.5 Å². The molecular formula is C64H50O8. The van der Waals surface area contributed by atoms with Crippen LogP contribution in [-0.2, 0) is 0 Å². The van der Waals surface area contributed by atoms with Crippen LogP contribution in [0.2, 0.25) is 0 Å². The van der Waals surface area contributed by atoms with Gasteiger partial charge in [0, 0.05) is 11.8 Å². The van der Waals surface area contributed by atoms with Gasteiger partial charge in [-0.05, 0) is 152 Å². The number of carboxylic acids is 4. The van der Waals surface area contributed by atoms with E-state index in [1.807, 2.05) is 194 Å². The maximum absolute atomic E-state index is 13.0. The second-order valence-corrected chi connectivity index (χ2v) is 18.3. The van der Waals surface area contributed by atoms with E-state index in [2.05, 4.69) is 0 Å². The van der Waals surface area contributed by atoms with E-state index in [9.17, 15) is 39.6 Å². The first-order valence-corrected chi connectivity index (χ1v) is 23.5. The molecule has 0 amide bonds. The predicted octanol–water partition coefficient (Wildman–Crippen LogP) is 14.7. The van der Waals surface area contributed by atoms with Crippen molar-refractivity contribution in [3.63, 3.8) is 0 Å². The van der Waals surface area contributed by atoms with E-state index < -0.39 is 35.7 Å². The van der Waals surface area contributed by atoms with E-state index in [1.54, 1.807) is 27.7 Å². The Morgan fingerprint density at radius 1 is 0.278 bits per heavy atom. The third-order valence-electron chi connectivity index (χ3n) is 13.6. The van der Waals surface area contributed by atoms with Crippen molar-refractivity contribution in [2.45, 2.75) is 39.5 Å². The third-order valence-corrected chi connectivity index (χ3v) is 13.6. The Balaban J connectivity index is 1.31. The number of carboxylic acid groups (broad SMARTS) is 4. The summed E-state index contributed by atoms with van der Waals surface area (Å²) in [7, 11) is 0. The van der Waals surface area contributed by atoms with E-state index in [0.717, 1.165) is 55.6 Å². The van der Waals surface area contributed by atoms with Gasteiger partial charge in [0.1, 0.15) is 0 Å². The molecule has 354 valence electrons. The van der Waals surface area contributed by atoms with E-state index in [0.29, 0.717) is 44.5 Å². The summed E-state index contributed by atoms with van der Waals surface area (Å²) in [4.78, 5) is 51.8. The second-order valence-electron chi connectivity index (χ2n) is 18.3. The molecule has 0 saturated heterocycles. The molecule has 0 heterocycles. The fraction of sp³-hybridized carbons (Fsp3) is 0.0938. The molecule has 0 aliphatic heterocycles. The molecule has 0 saturated carbocycles. The Labute approximate surface area is 417 Å². The zero-order chi connectivity index (χ0) is 50.8. The lowest BCUT2D eigenvalue weighted by Gasteiger charge is -2.26. The van der Waals surface area contributed by atoms with Gasteiger partial charge in [0.15, 0.2) is 0 Å². The van der Waals surface area contributed by atoms with Crippen LogP contribution in [0.5, 0.6) is 0 Å². The summed E-state index contributed by atoms with van der Waals surface area (Å²) in [6.45, 7) is 7.17. The summed E-state index contributed by atoms with van der Waals surface area (Å²) >= 11 is 0. The first-order chi connectivity index (χ1) is 34.7. The maximum atomic E-state index is 13.0. The first-order valence-electron chi connectivity index (χ1n) is 23.5. The highest BCUT2D eigenvalue weighted by Crippen LogP contribution is 2.44. The fourth-order valence-corrected chi connectivity index (χ4v) is 10.5. The lowest BCUT2D eigenvalue weighted by atomic mass is 9.77. The topological polar surface area (TPSA) is 149 Å². The molecule has 8 nitrogen and oxygen atoms in total. The Kier molecular flexibility index (Phi) is 13.4. The zero-order valence-electron chi connectivity index (χ0n) is 40.1. The highest BCUT2D eigenvalue weighted by atomic mass is 16.4. The lowest BCUT2D eigenvalue weighted by molar-refractivity contribution is 0.0686. The van der Waals surface area contributed by atoms with E-state index in [1.165, 1.54) is 0 Å². The SMILES string of the molecule is Cc1cc(C(c2ccc(C(c3cc(C)c(C(=O)O)c(-c4ccccc4)c3)c3cc(C)c(C(=O)O)c(-c4ccccc4)c3)cc2)c2cc(C)c(C(=O)O)c(-c3ccccc3)c2)cc(-c2ccccc2)c1C(=O)O. The first kappa shape index (κ1) is 47.9. The van der Waals surface area contributed by atoms with Crippen molar-refractivity contribution in [2.24, 2.45) is 0 Å². The second kappa shape index (κ2) is 20.1. The van der Waals surface area contributed by atoms with Gasteiger partial charge in [0.25, 0.3) is 0 Å². The van der Waals surface area contributed by atoms with Crippen LogP contribution >= 0.6 is 0 Å². The molecule has 8 heteroatoms. The van der Waals surface area contributed by atoms with Gasteiger partial charge < -0.3 is 20.4 Å². The van der Waals surface area contributed by atoms with Gasteiger partial charge in [-0.2, -0.15) is 0 Å². The molecular weight excluding hydrogens is 897 g/mol. The maximum Gasteiger partial charge on any atom is 0.336 e. The Morgan fingerprint density at radius 2 is 0.472 bits per heavy atom. The molecule has 0 aromatic heterocycles. The minimum atomic E-state index is -1.05.